The lowest BCUT2D eigenvalue weighted by Gasteiger charge is -2.19. The smallest absolute Gasteiger partial charge is 0.206 e. The van der Waals surface area contributed by atoms with Gasteiger partial charge in [-0.3, -0.25) is 0 Å². The Morgan fingerprint density at radius 3 is 2.04 bits per heavy atom. The van der Waals surface area contributed by atoms with E-state index < -0.39 is 17.9 Å². The van der Waals surface area contributed by atoms with Gasteiger partial charge < -0.3 is 0 Å². The molecule has 0 aliphatic rings. The summed E-state index contributed by atoms with van der Waals surface area (Å²) in [5.41, 5.74) is 2.14. The summed E-state index contributed by atoms with van der Waals surface area (Å²) < 4.78 is 54.9. The molecule has 0 aliphatic heterocycles. The van der Waals surface area contributed by atoms with Gasteiger partial charge in [0.1, 0.15) is 5.82 Å². The topological polar surface area (TPSA) is 0 Å². The molecule has 2 aromatic carbocycles. The molecule has 0 heterocycles. The maximum atomic E-state index is 13.7. The fourth-order valence-corrected chi connectivity index (χ4v) is 2.88. The Hall–Kier alpha value is -1.62. The van der Waals surface area contributed by atoms with E-state index in [1.165, 1.54) is 32.1 Å². The van der Waals surface area contributed by atoms with Crippen molar-refractivity contribution in [2.24, 2.45) is 0 Å². The lowest BCUT2D eigenvalue weighted by Crippen LogP contribution is -2.19. The lowest BCUT2D eigenvalue weighted by molar-refractivity contribution is -0.139. The minimum Gasteiger partial charge on any atom is -0.206 e. The van der Waals surface area contributed by atoms with E-state index in [0.29, 0.717) is 5.56 Å². The zero-order valence-corrected chi connectivity index (χ0v) is 15.1. The SMILES string of the molecule is Cc1ccc(/C=C/C(c2cc(C)c(F)c(C)c2)C(F)(F)F)cc1Br. The molecule has 0 nitrogen and oxygen atoms in total. The van der Waals surface area contributed by atoms with Crippen molar-refractivity contribution in [2.75, 3.05) is 0 Å². The molecule has 0 saturated heterocycles. The molecule has 0 bridgehead atoms. The van der Waals surface area contributed by atoms with Crippen molar-refractivity contribution < 1.29 is 17.6 Å². The first-order valence-electron chi connectivity index (χ1n) is 7.37. The zero-order chi connectivity index (χ0) is 18.1. The average molecular weight is 401 g/mol. The molecule has 24 heavy (non-hydrogen) atoms. The van der Waals surface area contributed by atoms with Crippen molar-refractivity contribution in [2.45, 2.75) is 32.9 Å². The van der Waals surface area contributed by atoms with E-state index >= 15 is 0 Å². The van der Waals surface area contributed by atoms with E-state index in [9.17, 15) is 17.6 Å². The normalized spacial score (nSPS) is 13.5. The van der Waals surface area contributed by atoms with Crippen molar-refractivity contribution >= 4 is 22.0 Å². The number of alkyl halides is 3. The van der Waals surface area contributed by atoms with Crippen molar-refractivity contribution in [3.8, 4) is 0 Å². The van der Waals surface area contributed by atoms with Gasteiger partial charge in [0.15, 0.2) is 0 Å². The highest BCUT2D eigenvalue weighted by Crippen LogP contribution is 2.37. The summed E-state index contributed by atoms with van der Waals surface area (Å²) in [6.07, 6.45) is -1.89. The average Bonchev–Trinajstić information content (AvgIpc) is 2.47. The Morgan fingerprint density at radius 2 is 1.54 bits per heavy atom. The van der Waals surface area contributed by atoms with Gasteiger partial charge in [0.05, 0.1) is 5.92 Å². The van der Waals surface area contributed by atoms with Crippen LogP contribution in [0.4, 0.5) is 17.6 Å². The van der Waals surface area contributed by atoms with Crippen LogP contribution in [0.3, 0.4) is 0 Å². The predicted octanol–water partition coefficient (Wildman–Crippen LogP) is 6.87. The lowest BCUT2D eigenvalue weighted by atomic mass is 9.93. The second-order valence-electron chi connectivity index (χ2n) is 5.86. The van der Waals surface area contributed by atoms with Gasteiger partial charge in [-0.25, -0.2) is 4.39 Å². The van der Waals surface area contributed by atoms with Crippen LogP contribution in [0.15, 0.2) is 40.9 Å². The first kappa shape index (κ1) is 18.7. The van der Waals surface area contributed by atoms with Gasteiger partial charge in [0.25, 0.3) is 0 Å². The first-order valence-corrected chi connectivity index (χ1v) is 8.16. The molecule has 2 rings (SSSR count). The quantitative estimate of drug-likeness (QED) is 0.492. The Balaban J connectivity index is 2.43. The number of halogens is 5. The van der Waals surface area contributed by atoms with E-state index in [0.717, 1.165) is 16.1 Å². The summed E-state index contributed by atoms with van der Waals surface area (Å²) in [7, 11) is 0. The van der Waals surface area contributed by atoms with Crippen LogP contribution in [-0.4, -0.2) is 6.18 Å². The summed E-state index contributed by atoms with van der Waals surface area (Å²) in [6.45, 7) is 4.85. The molecule has 2 aromatic rings. The highest BCUT2D eigenvalue weighted by molar-refractivity contribution is 9.10. The molecule has 0 aromatic heterocycles. The van der Waals surface area contributed by atoms with Crippen molar-refractivity contribution in [3.63, 3.8) is 0 Å². The third-order valence-corrected chi connectivity index (χ3v) is 4.70. The molecular formula is C19H17BrF4. The van der Waals surface area contributed by atoms with Gasteiger partial charge in [-0.05, 0) is 54.7 Å². The van der Waals surface area contributed by atoms with Crippen LogP contribution < -0.4 is 0 Å². The Morgan fingerprint density at radius 1 is 0.958 bits per heavy atom. The number of aryl methyl sites for hydroxylation is 3. The summed E-state index contributed by atoms with van der Waals surface area (Å²) >= 11 is 3.37. The molecular weight excluding hydrogens is 384 g/mol. The minimum absolute atomic E-state index is 0.0429. The molecule has 0 N–H and O–H groups in total. The molecule has 0 aliphatic carbocycles. The number of hydrogen-bond acceptors (Lipinski definition) is 0. The van der Waals surface area contributed by atoms with Crippen LogP contribution in [-0.2, 0) is 0 Å². The molecule has 128 valence electrons. The molecule has 5 heteroatoms. The Bertz CT molecular complexity index is 752. The zero-order valence-electron chi connectivity index (χ0n) is 13.5. The minimum atomic E-state index is -4.45. The van der Waals surface area contributed by atoms with Gasteiger partial charge in [-0.1, -0.05) is 52.3 Å². The van der Waals surface area contributed by atoms with Crippen LogP contribution in [0.1, 0.15) is 33.7 Å². The monoisotopic (exact) mass is 400 g/mol. The van der Waals surface area contributed by atoms with E-state index in [-0.39, 0.29) is 16.7 Å². The number of benzene rings is 2. The number of allylic oxidation sites excluding steroid dienone is 1. The largest absolute Gasteiger partial charge is 0.399 e. The molecule has 1 unspecified atom stereocenters. The summed E-state index contributed by atoms with van der Waals surface area (Å²) in [5, 5.41) is 0. The predicted molar refractivity (Wildman–Crippen MR) is 92.6 cm³/mol. The van der Waals surface area contributed by atoms with Gasteiger partial charge in [-0.15, -0.1) is 0 Å². The third-order valence-electron chi connectivity index (χ3n) is 3.85. The number of hydrogen-bond donors (Lipinski definition) is 0. The van der Waals surface area contributed by atoms with Gasteiger partial charge >= 0.3 is 6.18 Å². The standard InChI is InChI=1S/C19H17BrF4/c1-11-4-5-14(10-17(11)20)6-7-16(19(22,23)24)15-8-12(2)18(21)13(3)9-15/h4-10,16H,1-3H3/b7-6+. The first-order chi connectivity index (χ1) is 11.1. The third kappa shape index (κ3) is 4.26. The van der Waals surface area contributed by atoms with Crippen molar-refractivity contribution in [3.05, 3.63) is 74.5 Å². The summed E-state index contributed by atoms with van der Waals surface area (Å²) in [5.74, 6) is -2.25. The summed E-state index contributed by atoms with van der Waals surface area (Å²) in [4.78, 5) is 0. The summed E-state index contributed by atoms with van der Waals surface area (Å²) in [6, 6.07) is 7.87. The van der Waals surface area contributed by atoms with E-state index in [4.69, 9.17) is 0 Å². The van der Waals surface area contributed by atoms with Crippen LogP contribution in [0.5, 0.6) is 0 Å². The Kier molecular flexibility index (Phi) is 5.53. The highest BCUT2D eigenvalue weighted by atomic mass is 79.9. The second kappa shape index (κ2) is 7.09. The van der Waals surface area contributed by atoms with Crippen LogP contribution in [0.2, 0.25) is 0 Å². The van der Waals surface area contributed by atoms with Crippen molar-refractivity contribution in [1.29, 1.82) is 0 Å². The fourth-order valence-electron chi connectivity index (χ4n) is 2.49. The van der Waals surface area contributed by atoms with Crippen LogP contribution in [0, 0.1) is 26.6 Å². The molecule has 0 spiro atoms. The Labute approximate surface area is 147 Å². The van der Waals surface area contributed by atoms with Gasteiger partial charge in [0.2, 0.25) is 0 Å². The maximum absolute atomic E-state index is 13.7. The second-order valence-corrected chi connectivity index (χ2v) is 6.71. The molecule has 0 fully saturated rings. The van der Waals surface area contributed by atoms with Crippen molar-refractivity contribution in [1.82, 2.24) is 0 Å². The molecule has 0 amide bonds. The fraction of sp³-hybridized carbons (Fsp3) is 0.263. The van der Waals surface area contributed by atoms with E-state index in [2.05, 4.69) is 15.9 Å². The molecule has 0 radical (unpaired) electrons. The number of rotatable bonds is 3. The van der Waals surface area contributed by atoms with Crippen LogP contribution in [0.25, 0.3) is 6.08 Å². The van der Waals surface area contributed by atoms with Crippen LogP contribution >= 0.6 is 15.9 Å². The molecule has 1 atom stereocenters. The maximum Gasteiger partial charge on any atom is 0.399 e. The van der Waals surface area contributed by atoms with E-state index in [1.54, 1.807) is 12.1 Å². The molecule has 0 saturated carbocycles. The highest BCUT2D eigenvalue weighted by Gasteiger charge is 2.39. The van der Waals surface area contributed by atoms with Gasteiger partial charge in [0, 0.05) is 4.47 Å². The van der Waals surface area contributed by atoms with Gasteiger partial charge in [-0.2, -0.15) is 13.2 Å². The van der Waals surface area contributed by atoms with E-state index in [1.807, 2.05) is 13.0 Å².